The minimum Gasteiger partial charge on any atom is -0.327 e. The van der Waals surface area contributed by atoms with Crippen LogP contribution in [0.5, 0.6) is 0 Å². The highest BCUT2D eigenvalue weighted by Gasteiger charge is 2.42. The minimum absolute atomic E-state index is 0.0666. The van der Waals surface area contributed by atoms with Crippen LogP contribution >= 0.6 is 0 Å². The predicted molar refractivity (Wildman–Crippen MR) is 103 cm³/mol. The molecular weight excluding hydrogens is 338 g/mol. The Morgan fingerprint density at radius 3 is 2.70 bits per heavy atom. The fourth-order valence-corrected chi connectivity index (χ4v) is 4.80. The summed E-state index contributed by atoms with van der Waals surface area (Å²) in [5.41, 5.74) is 4.17. The first-order valence-electron chi connectivity index (χ1n) is 10.3. The maximum Gasteiger partial charge on any atom is 0.277 e. The SMILES string of the molecule is Cc1c(C(=O)N(C2CC2)C2CCc3ccccc32)nnn1C1CCNCC1. The molecule has 3 aliphatic rings. The normalized spacial score (nSPS) is 22.6. The van der Waals surface area contributed by atoms with Gasteiger partial charge in [0.05, 0.1) is 17.8 Å². The van der Waals surface area contributed by atoms with Crippen LogP contribution in [-0.2, 0) is 6.42 Å². The molecule has 1 atom stereocenters. The van der Waals surface area contributed by atoms with E-state index in [9.17, 15) is 4.79 Å². The Bertz CT molecular complexity index is 850. The Morgan fingerprint density at radius 1 is 1.15 bits per heavy atom. The van der Waals surface area contributed by atoms with Crippen molar-refractivity contribution in [2.45, 2.75) is 63.6 Å². The van der Waals surface area contributed by atoms with Gasteiger partial charge in [-0.1, -0.05) is 29.5 Å². The van der Waals surface area contributed by atoms with E-state index in [1.165, 1.54) is 11.1 Å². The van der Waals surface area contributed by atoms with Crippen LogP contribution in [-0.4, -0.2) is 44.9 Å². The summed E-state index contributed by atoms with van der Waals surface area (Å²) in [7, 11) is 0. The number of aryl methyl sites for hydroxylation is 1. The molecule has 2 aromatic rings. The van der Waals surface area contributed by atoms with Crippen LogP contribution in [0, 0.1) is 6.92 Å². The van der Waals surface area contributed by atoms with Gasteiger partial charge in [0.15, 0.2) is 5.69 Å². The third kappa shape index (κ3) is 2.96. The number of hydrogen-bond donors (Lipinski definition) is 1. The smallest absolute Gasteiger partial charge is 0.277 e. The zero-order valence-corrected chi connectivity index (χ0v) is 15.9. The lowest BCUT2D eigenvalue weighted by atomic mass is 10.1. The highest BCUT2D eigenvalue weighted by atomic mass is 16.2. The van der Waals surface area contributed by atoms with Crippen molar-refractivity contribution in [2.24, 2.45) is 0 Å². The zero-order chi connectivity index (χ0) is 18.4. The lowest BCUT2D eigenvalue weighted by Gasteiger charge is -2.29. The molecule has 6 nitrogen and oxygen atoms in total. The quantitative estimate of drug-likeness (QED) is 0.905. The molecule has 2 heterocycles. The van der Waals surface area contributed by atoms with E-state index in [1.54, 1.807) is 0 Å². The van der Waals surface area contributed by atoms with Gasteiger partial charge in [0.25, 0.3) is 5.91 Å². The summed E-state index contributed by atoms with van der Waals surface area (Å²) in [4.78, 5) is 15.7. The van der Waals surface area contributed by atoms with Gasteiger partial charge < -0.3 is 10.2 Å². The second kappa shape index (κ2) is 6.75. The van der Waals surface area contributed by atoms with Crippen LogP contribution in [0.25, 0.3) is 0 Å². The zero-order valence-electron chi connectivity index (χ0n) is 15.9. The highest BCUT2D eigenvalue weighted by Crippen LogP contribution is 2.42. The topological polar surface area (TPSA) is 63.1 Å². The first kappa shape index (κ1) is 16.9. The van der Waals surface area contributed by atoms with Crippen molar-refractivity contribution in [2.75, 3.05) is 13.1 Å². The molecular formula is C21H27N5O. The first-order valence-corrected chi connectivity index (χ1v) is 10.3. The molecule has 6 heteroatoms. The van der Waals surface area contributed by atoms with Crippen LogP contribution in [0.1, 0.15) is 71.5 Å². The van der Waals surface area contributed by atoms with Gasteiger partial charge in [-0.25, -0.2) is 4.68 Å². The molecule has 1 amide bonds. The van der Waals surface area contributed by atoms with Crippen molar-refractivity contribution in [1.29, 1.82) is 0 Å². The maximum absolute atomic E-state index is 13.5. The van der Waals surface area contributed by atoms with Crippen molar-refractivity contribution in [3.63, 3.8) is 0 Å². The van der Waals surface area contributed by atoms with Gasteiger partial charge in [-0.2, -0.15) is 0 Å². The summed E-state index contributed by atoms with van der Waals surface area (Å²) >= 11 is 0. The van der Waals surface area contributed by atoms with E-state index in [1.807, 2.05) is 11.6 Å². The van der Waals surface area contributed by atoms with Gasteiger partial charge >= 0.3 is 0 Å². The van der Waals surface area contributed by atoms with Crippen LogP contribution in [0.2, 0.25) is 0 Å². The predicted octanol–water partition coefficient (Wildman–Crippen LogP) is 2.80. The molecule has 0 radical (unpaired) electrons. The van der Waals surface area contributed by atoms with E-state index in [-0.39, 0.29) is 11.9 Å². The molecule has 1 N–H and O–H groups in total. The van der Waals surface area contributed by atoms with Gasteiger partial charge in [-0.15, -0.1) is 5.10 Å². The number of aromatic nitrogens is 3. The second-order valence-electron chi connectivity index (χ2n) is 8.15. The van der Waals surface area contributed by atoms with Crippen LogP contribution in [0.15, 0.2) is 24.3 Å². The largest absolute Gasteiger partial charge is 0.327 e. The molecule has 1 aromatic carbocycles. The molecule has 2 aliphatic carbocycles. The lowest BCUT2D eigenvalue weighted by Crippen LogP contribution is -2.36. The molecule has 1 saturated carbocycles. The third-order valence-corrected chi connectivity index (χ3v) is 6.40. The van der Waals surface area contributed by atoms with Crippen molar-refractivity contribution < 1.29 is 4.79 Å². The average Bonchev–Trinajstić information content (AvgIpc) is 3.33. The minimum atomic E-state index is 0.0666. The Balaban J connectivity index is 1.44. The number of amides is 1. The van der Waals surface area contributed by atoms with E-state index in [4.69, 9.17) is 0 Å². The summed E-state index contributed by atoms with van der Waals surface area (Å²) < 4.78 is 1.99. The number of nitrogens with one attached hydrogen (secondary N) is 1. The number of benzene rings is 1. The summed E-state index contributed by atoms with van der Waals surface area (Å²) in [5.74, 6) is 0.0666. The lowest BCUT2D eigenvalue weighted by molar-refractivity contribution is 0.0651. The Labute approximate surface area is 159 Å². The van der Waals surface area contributed by atoms with E-state index in [0.29, 0.717) is 17.8 Å². The molecule has 1 aromatic heterocycles. The fourth-order valence-electron chi connectivity index (χ4n) is 4.80. The summed E-state index contributed by atoms with van der Waals surface area (Å²) in [6.07, 6.45) is 6.36. The van der Waals surface area contributed by atoms with E-state index in [0.717, 1.165) is 57.3 Å². The van der Waals surface area contributed by atoms with Crippen molar-refractivity contribution in [3.8, 4) is 0 Å². The Hall–Kier alpha value is -2.21. The molecule has 5 rings (SSSR count). The number of fused-ring (bicyclic) bond motifs is 1. The van der Waals surface area contributed by atoms with E-state index >= 15 is 0 Å². The number of carbonyl (C=O) groups excluding carboxylic acids is 1. The van der Waals surface area contributed by atoms with Gasteiger partial charge in [-0.3, -0.25) is 4.79 Å². The molecule has 27 heavy (non-hydrogen) atoms. The monoisotopic (exact) mass is 365 g/mol. The van der Waals surface area contributed by atoms with Crippen molar-refractivity contribution in [3.05, 3.63) is 46.8 Å². The van der Waals surface area contributed by atoms with Gasteiger partial charge in [0.1, 0.15) is 0 Å². The first-order chi connectivity index (χ1) is 13.2. The van der Waals surface area contributed by atoms with Crippen molar-refractivity contribution in [1.82, 2.24) is 25.2 Å². The molecule has 0 bridgehead atoms. The van der Waals surface area contributed by atoms with Crippen LogP contribution in [0.4, 0.5) is 0 Å². The van der Waals surface area contributed by atoms with Crippen LogP contribution < -0.4 is 5.32 Å². The Kier molecular flexibility index (Phi) is 4.23. The third-order valence-electron chi connectivity index (χ3n) is 6.40. The molecule has 0 spiro atoms. The highest BCUT2D eigenvalue weighted by molar-refractivity contribution is 5.94. The van der Waals surface area contributed by atoms with Crippen molar-refractivity contribution >= 4 is 5.91 Å². The number of carbonyl (C=O) groups is 1. The summed E-state index contributed by atoms with van der Waals surface area (Å²) in [6, 6.07) is 9.46. The van der Waals surface area contributed by atoms with Gasteiger partial charge in [0.2, 0.25) is 0 Å². The fraction of sp³-hybridized carbons (Fsp3) is 0.571. The number of rotatable bonds is 4. The van der Waals surface area contributed by atoms with E-state index in [2.05, 4.69) is 44.8 Å². The summed E-state index contributed by atoms with van der Waals surface area (Å²) in [6.45, 7) is 4.00. The molecule has 1 unspecified atom stereocenters. The Morgan fingerprint density at radius 2 is 1.93 bits per heavy atom. The van der Waals surface area contributed by atoms with E-state index < -0.39 is 0 Å². The molecule has 1 aliphatic heterocycles. The van der Waals surface area contributed by atoms with Gasteiger partial charge in [0, 0.05) is 6.04 Å². The average molecular weight is 365 g/mol. The number of nitrogens with zero attached hydrogens (tertiary/aromatic N) is 4. The molecule has 142 valence electrons. The second-order valence-corrected chi connectivity index (χ2v) is 8.15. The maximum atomic E-state index is 13.5. The summed E-state index contributed by atoms with van der Waals surface area (Å²) in [5, 5.41) is 12.1. The number of piperidine rings is 1. The molecule has 2 fully saturated rings. The van der Waals surface area contributed by atoms with Gasteiger partial charge in [-0.05, 0) is 69.7 Å². The van der Waals surface area contributed by atoms with Crippen LogP contribution in [0.3, 0.4) is 0 Å². The molecule has 1 saturated heterocycles. The number of hydrogen-bond acceptors (Lipinski definition) is 4. The standard InChI is InChI=1S/C21H27N5O/c1-14-20(23-24-26(14)17-10-12-22-13-11-17)21(27)25(16-7-8-16)19-9-6-15-4-2-3-5-18(15)19/h2-5,16-17,19,22H,6-13H2,1H3.